The summed E-state index contributed by atoms with van der Waals surface area (Å²) in [6.07, 6.45) is 5.25. The van der Waals surface area contributed by atoms with Crippen LogP contribution in [0.15, 0.2) is 21.4 Å². The lowest BCUT2D eigenvalue weighted by Gasteiger charge is -2.20. The van der Waals surface area contributed by atoms with Crippen molar-refractivity contribution in [3.05, 3.63) is 60.5 Å². The van der Waals surface area contributed by atoms with Crippen molar-refractivity contribution in [3.63, 3.8) is 0 Å². The number of carbonyl (C=O) groups excluding carboxylic acids is 1. The molecule has 29 heavy (non-hydrogen) atoms. The van der Waals surface area contributed by atoms with Gasteiger partial charge in [0.2, 0.25) is 5.43 Å². The van der Waals surface area contributed by atoms with Gasteiger partial charge in [-0.1, -0.05) is 46.2 Å². The lowest BCUT2D eigenvalue weighted by molar-refractivity contribution is 0.102. The van der Waals surface area contributed by atoms with Crippen molar-refractivity contribution < 1.29 is 4.79 Å². The summed E-state index contributed by atoms with van der Waals surface area (Å²) in [7, 11) is 1.92. The number of aryl methyl sites for hydroxylation is 3. The monoisotopic (exact) mass is 460 g/mol. The summed E-state index contributed by atoms with van der Waals surface area (Å²) in [6.45, 7) is 10.3. The van der Waals surface area contributed by atoms with Crippen molar-refractivity contribution in [2.24, 2.45) is 7.05 Å². The molecule has 0 saturated carbocycles. The molecule has 0 saturated heterocycles. The van der Waals surface area contributed by atoms with Gasteiger partial charge in [-0.2, -0.15) is 0 Å². The van der Waals surface area contributed by atoms with Gasteiger partial charge in [0.25, 0.3) is 5.91 Å². The van der Waals surface area contributed by atoms with Gasteiger partial charge in [0.15, 0.2) is 0 Å². The molecule has 1 aromatic carbocycles. The van der Waals surface area contributed by atoms with E-state index in [-0.39, 0.29) is 16.9 Å². The number of rotatable bonds is 8. The average molecular weight is 461 g/mol. The number of carbonyl (C=O) groups is 1. The quantitative estimate of drug-likeness (QED) is 0.545. The van der Waals surface area contributed by atoms with Gasteiger partial charge in [-0.05, 0) is 71.6 Å². The molecule has 0 fully saturated rings. The van der Waals surface area contributed by atoms with E-state index >= 15 is 0 Å². The highest BCUT2D eigenvalue weighted by Crippen LogP contribution is 2.27. The fraction of sp³-hybridized carbons (Fsp3) is 0.500. The van der Waals surface area contributed by atoms with E-state index in [1.807, 2.05) is 18.5 Å². The minimum Gasteiger partial charge on any atom is -0.350 e. The highest BCUT2D eigenvalue weighted by atomic mass is 79.9. The summed E-state index contributed by atoms with van der Waals surface area (Å²) < 4.78 is 2.43. The van der Waals surface area contributed by atoms with Crippen LogP contribution in [0, 0.1) is 6.92 Å². The van der Waals surface area contributed by atoms with E-state index in [4.69, 9.17) is 0 Å². The van der Waals surface area contributed by atoms with Crippen LogP contribution in [0.5, 0.6) is 0 Å². The molecule has 0 unspecified atom stereocenters. The number of anilines is 1. The van der Waals surface area contributed by atoms with E-state index in [2.05, 4.69) is 61.1 Å². The molecular weight excluding hydrogens is 428 g/mol. The Labute approximate surface area is 182 Å². The van der Waals surface area contributed by atoms with Gasteiger partial charge < -0.3 is 9.88 Å². The number of amides is 1. The SMILES string of the molecule is CCCCc1c(C(=O)Nc2c(CC)cc(CC)cc2CC)c(=O)c(Br)c(C)n1C. The molecule has 0 bridgehead atoms. The van der Waals surface area contributed by atoms with Gasteiger partial charge in [-0.3, -0.25) is 9.59 Å². The molecule has 158 valence electrons. The Hall–Kier alpha value is -1.88. The zero-order chi connectivity index (χ0) is 21.7. The third-order valence-corrected chi connectivity index (χ3v) is 6.64. The summed E-state index contributed by atoms with van der Waals surface area (Å²) in [5.74, 6) is -0.314. The number of hydrogen-bond acceptors (Lipinski definition) is 2. The average Bonchev–Trinajstić information content (AvgIpc) is 2.73. The van der Waals surface area contributed by atoms with E-state index in [0.717, 1.165) is 60.3 Å². The van der Waals surface area contributed by atoms with Crippen LogP contribution >= 0.6 is 15.9 Å². The maximum absolute atomic E-state index is 13.4. The molecule has 1 N–H and O–H groups in total. The smallest absolute Gasteiger partial charge is 0.261 e. The van der Waals surface area contributed by atoms with Crippen LogP contribution in [0.4, 0.5) is 5.69 Å². The predicted octanol–water partition coefficient (Wildman–Crippen LogP) is 5.74. The summed E-state index contributed by atoms with van der Waals surface area (Å²) in [5, 5.41) is 3.11. The number of nitrogens with one attached hydrogen (secondary N) is 1. The molecule has 5 heteroatoms. The minimum atomic E-state index is -0.314. The maximum atomic E-state index is 13.4. The molecule has 1 heterocycles. The molecular formula is C24H33BrN2O2. The molecule has 2 aromatic rings. The van der Waals surface area contributed by atoms with E-state index in [1.54, 1.807) is 0 Å². The summed E-state index contributed by atoms with van der Waals surface area (Å²) >= 11 is 3.40. The zero-order valence-corrected chi connectivity index (χ0v) is 20.1. The molecule has 1 amide bonds. The normalized spacial score (nSPS) is 11.0. The maximum Gasteiger partial charge on any atom is 0.261 e. The Bertz CT molecular complexity index is 935. The second-order valence-electron chi connectivity index (χ2n) is 7.52. The van der Waals surface area contributed by atoms with Crippen LogP contribution in [-0.4, -0.2) is 10.5 Å². The molecule has 0 aliphatic rings. The van der Waals surface area contributed by atoms with Crippen molar-refractivity contribution in [1.29, 1.82) is 0 Å². The van der Waals surface area contributed by atoms with Crippen LogP contribution in [0.3, 0.4) is 0 Å². The Kier molecular flexibility index (Phi) is 8.26. The molecule has 0 aliphatic carbocycles. The number of unbranched alkanes of at least 4 members (excludes halogenated alkanes) is 1. The third-order valence-electron chi connectivity index (χ3n) is 5.70. The van der Waals surface area contributed by atoms with E-state index in [1.165, 1.54) is 5.56 Å². The first-order valence-electron chi connectivity index (χ1n) is 10.6. The summed E-state index contributed by atoms with van der Waals surface area (Å²) in [6, 6.07) is 4.33. The second-order valence-corrected chi connectivity index (χ2v) is 8.31. The van der Waals surface area contributed by atoms with Gasteiger partial charge in [0.05, 0.1) is 4.47 Å². The topological polar surface area (TPSA) is 51.1 Å². The second kappa shape index (κ2) is 10.2. The lowest BCUT2D eigenvalue weighted by atomic mass is 9.97. The molecule has 1 aromatic heterocycles. The molecule has 4 nitrogen and oxygen atoms in total. The molecule has 0 atom stereocenters. The van der Waals surface area contributed by atoms with Gasteiger partial charge in [-0.15, -0.1) is 0 Å². The number of benzene rings is 1. The van der Waals surface area contributed by atoms with Crippen molar-refractivity contribution in [3.8, 4) is 0 Å². The van der Waals surface area contributed by atoms with Gasteiger partial charge in [0, 0.05) is 24.1 Å². The Balaban J connectivity index is 2.61. The summed E-state index contributed by atoms with van der Waals surface area (Å²) in [4.78, 5) is 26.4. The van der Waals surface area contributed by atoms with Gasteiger partial charge >= 0.3 is 0 Å². The van der Waals surface area contributed by atoms with Gasteiger partial charge in [0.1, 0.15) is 5.56 Å². The molecule has 0 aliphatic heterocycles. The van der Waals surface area contributed by atoms with E-state index < -0.39 is 0 Å². The fourth-order valence-corrected chi connectivity index (χ4v) is 4.20. The van der Waals surface area contributed by atoms with Crippen molar-refractivity contribution in [2.75, 3.05) is 5.32 Å². The Morgan fingerprint density at radius 3 is 2.14 bits per heavy atom. The van der Waals surface area contributed by atoms with Crippen LogP contribution in [-0.2, 0) is 32.7 Å². The molecule has 0 spiro atoms. The zero-order valence-electron chi connectivity index (χ0n) is 18.5. The highest BCUT2D eigenvalue weighted by Gasteiger charge is 2.23. The highest BCUT2D eigenvalue weighted by molar-refractivity contribution is 9.10. The van der Waals surface area contributed by atoms with Gasteiger partial charge in [-0.25, -0.2) is 0 Å². The number of hydrogen-bond donors (Lipinski definition) is 1. The molecule has 0 radical (unpaired) electrons. The van der Waals surface area contributed by atoms with Crippen molar-refractivity contribution in [2.45, 2.75) is 73.1 Å². The van der Waals surface area contributed by atoms with E-state index in [0.29, 0.717) is 10.9 Å². The number of aromatic nitrogens is 1. The first-order chi connectivity index (χ1) is 13.8. The van der Waals surface area contributed by atoms with Crippen molar-refractivity contribution in [1.82, 2.24) is 4.57 Å². The van der Waals surface area contributed by atoms with E-state index in [9.17, 15) is 9.59 Å². The lowest BCUT2D eigenvalue weighted by Crippen LogP contribution is -2.29. The minimum absolute atomic E-state index is 0.231. The third kappa shape index (κ3) is 4.82. The standard InChI is InChI=1S/C24H33BrN2O2/c1-7-11-12-19-20(23(28)21(25)15(5)27(19)6)24(29)26-22-17(9-3)13-16(8-2)14-18(22)10-4/h13-14H,7-12H2,1-6H3,(H,26,29). The number of pyridine rings is 1. The van der Waals surface area contributed by atoms with Crippen LogP contribution in [0.2, 0.25) is 0 Å². The Morgan fingerprint density at radius 1 is 1.07 bits per heavy atom. The van der Waals surface area contributed by atoms with Crippen LogP contribution in [0.25, 0.3) is 0 Å². The van der Waals surface area contributed by atoms with Crippen molar-refractivity contribution >= 4 is 27.5 Å². The summed E-state index contributed by atoms with van der Waals surface area (Å²) in [5.41, 5.74) is 6.03. The first-order valence-corrected chi connectivity index (χ1v) is 11.4. The first kappa shape index (κ1) is 23.4. The largest absolute Gasteiger partial charge is 0.350 e. The van der Waals surface area contributed by atoms with Crippen LogP contribution in [0.1, 0.15) is 79.0 Å². The number of halogens is 1. The predicted molar refractivity (Wildman–Crippen MR) is 125 cm³/mol. The van der Waals surface area contributed by atoms with Crippen LogP contribution < -0.4 is 10.7 Å². The Morgan fingerprint density at radius 2 is 1.66 bits per heavy atom. The molecule has 2 rings (SSSR count). The number of nitrogens with zero attached hydrogens (tertiary/aromatic N) is 1. The fourth-order valence-electron chi connectivity index (χ4n) is 3.73.